The van der Waals surface area contributed by atoms with Crippen LogP contribution in [-0.4, -0.2) is 26.8 Å². The second-order valence-electron chi connectivity index (χ2n) is 4.48. The van der Waals surface area contributed by atoms with E-state index in [9.17, 15) is 0 Å². The van der Waals surface area contributed by atoms with Crippen LogP contribution in [0, 0.1) is 0 Å². The molecule has 1 N–H and O–H groups in total. The summed E-state index contributed by atoms with van der Waals surface area (Å²) >= 11 is 1.81. The zero-order valence-corrected chi connectivity index (χ0v) is 12.6. The zero-order chi connectivity index (χ0) is 14.0. The summed E-state index contributed by atoms with van der Waals surface area (Å²) in [6, 6.07) is 12.2. The topological polar surface area (TPSA) is 30.5 Å². The SMILES string of the molecule is COc1cccc(COCCNCCc2cccs2)c1. The molecule has 0 aliphatic rings. The molecule has 0 bridgehead atoms. The van der Waals surface area contributed by atoms with Crippen LogP contribution < -0.4 is 10.1 Å². The van der Waals surface area contributed by atoms with Crippen LogP contribution in [-0.2, 0) is 17.8 Å². The molecule has 0 saturated carbocycles. The lowest BCUT2D eigenvalue weighted by Gasteiger charge is -2.07. The Bertz CT molecular complexity index is 485. The van der Waals surface area contributed by atoms with Crippen molar-refractivity contribution in [1.29, 1.82) is 0 Å². The van der Waals surface area contributed by atoms with Gasteiger partial charge in [0.1, 0.15) is 5.75 Å². The van der Waals surface area contributed by atoms with E-state index in [4.69, 9.17) is 9.47 Å². The van der Waals surface area contributed by atoms with Crippen LogP contribution >= 0.6 is 11.3 Å². The number of hydrogen-bond donors (Lipinski definition) is 1. The first-order valence-electron chi connectivity index (χ1n) is 6.82. The predicted molar refractivity (Wildman–Crippen MR) is 83.5 cm³/mol. The first-order valence-corrected chi connectivity index (χ1v) is 7.70. The van der Waals surface area contributed by atoms with E-state index in [1.165, 1.54) is 4.88 Å². The summed E-state index contributed by atoms with van der Waals surface area (Å²) in [5, 5.41) is 5.51. The molecule has 0 fully saturated rings. The van der Waals surface area contributed by atoms with Gasteiger partial charge in [-0.1, -0.05) is 18.2 Å². The molecule has 0 atom stereocenters. The average molecular weight is 291 g/mol. The van der Waals surface area contributed by atoms with Crippen LogP contribution in [0.15, 0.2) is 41.8 Å². The third-order valence-electron chi connectivity index (χ3n) is 2.95. The van der Waals surface area contributed by atoms with Crippen molar-refractivity contribution in [1.82, 2.24) is 5.32 Å². The molecule has 0 amide bonds. The Hall–Kier alpha value is -1.36. The molecule has 1 heterocycles. The monoisotopic (exact) mass is 291 g/mol. The van der Waals surface area contributed by atoms with E-state index in [0.717, 1.165) is 37.4 Å². The van der Waals surface area contributed by atoms with Crippen molar-refractivity contribution >= 4 is 11.3 Å². The van der Waals surface area contributed by atoms with E-state index >= 15 is 0 Å². The number of hydrogen-bond acceptors (Lipinski definition) is 4. The van der Waals surface area contributed by atoms with Gasteiger partial charge in [-0.2, -0.15) is 0 Å². The number of rotatable bonds is 9. The summed E-state index contributed by atoms with van der Waals surface area (Å²) in [6.45, 7) is 3.24. The Morgan fingerprint density at radius 3 is 2.90 bits per heavy atom. The van der Waals surface area contributed by atoms with Crippen molar-refractivity contribution in [2.75, 3.05) is 26.8 Å². The van der Waals surface area contributed by atoms with Gasteiger partial charge < -0.3 is 14.8 Å². The van der Waals surface area contributed by atoms with E-state index < -0.39 is 0 Å². The fourth-order valence-corrected chi connectivity index (χ4v) is 2.60. The molecule has 2 rings (SSSR count). The maximum Gasteiger partial charge on any atom is 0.119 e. The first-order chi connectivity index (χ1) is 9.88. The highest BCUT2D eigenvalue weighted by molar-refractivity contribution is 7.09. The maximum absolute atomic E-state index is 5.64. The van der Waals surface area contributed by atoms with E-state index in [2.05, 4.69) is 22.8 Å². The Morgan fingerprint density at radius 1 is 1.15 bits per heavy atom. The third-order valence-corrected chi connectivity index (χ3v) is 3.89. The van der Waals surface area contributed by atoms with Gasteiger partial charge in [-0.05, 0) is 35.6 Å². The molecule has 0 aliphatic heterocycles. The van der Waals surface area contributed by atoms with Gasteiger partial charge in [0.2, 0.25) is 0 Å². The van der Waals surface area contributed by atoms with Crippen molar-refractivity contribution in [3.05, 3.63) is 52.2 Å². The molecule has 0 unspecified atom stereocenters. The van der Waals surface area contributed by atoms with Crippen molar-refractivity contribution in [3.63, 3.8) is 0 Å². The molecule has 4 heteroatoms. The molecule has 108 valence electrons. The van der Waals surface area contributed by atoms with Gasteiger partial charge in [-0.15, -0.1) is 11.3 Å². The molecule has 0 spiro atoms. The van der Waals surface area contributed by atoms with E-state index in [1.54, 1.807) is 7.11 Å². The van der Waals surface area contributed by atoms with Crippen LogP contribution in [0.25, 0.3) is 0 Å². The van der Waals surface area contributed by atoms with Gasteiger partial charge in [-0.3, -0.25) is 0 Å². The maximum atomic E-state index is 5.64. The Labute approximate surface area is 124 Å². The summed E-state index contributed by atoms with van der Waals surface area (Å²) in [4.78, 5) is 1.43. The number of benzene rings is 1. The highest BCUT2D eigenvalue weighted by Crippen LogP contribution is 2.13. The van der Waals surface area contributed by atoms with Crippen molar-refractivity contribution in [2.45, 2.75) is 13.0 Å². The minimum atomic E-state index is 0.629. The van der Waals surface area contributed by atoms with Crippen LogP contribution in [0.3, 0.4) is 0 Å². The number of nitrogens with one attached hydrogen (secondary N) is 1. The van der Waals surface area contributed by atoms with Crippen LogP contribution in [0.1, 0.15) is 10.4 Å². The van der Waals surface area contributed by atoms with Gasteiger partial charge in [0.05, 0.1) is 20.3 Å². The van der Waals surface area contributed by atoms with Crippen LogP contribution in [0.5, 0.6) is 5.75 Å². The first kappa shape index (κ1) is 15.0. The Kier molecular flexibility index (Phi) is 6.57. The van der Waals surface area contributed by atoms with E-state index in [0.29, 0.717) is 6.61 Å². The Balaban J connectivity index is 1.53. The summed E-state index contributed by atoms with van der Waals surface area (Å²) in [7, 11) is 1.68. The molecule has 1 aromatic heterocycles. The van der Waals surface area contributed by atoms with Gasteiger partial charge in [-0.25, -0.2) is 0 Å². The van der Waals surface area contributed by atoms with E-state index in [-0.39, 0.29) is 0 Å². The van der Waals surface area contributed by atoms with Crippen LogP contribution in [0.2, 0.25) is 0 Å². The lowest BCUT2D eigenvalue weighted by molar-refractivity contribution is 0.123. The summed E-state index contributed by atoms with van der Waals surface area (Å²) in [6.07, 6.45) is 1.09. The Morgan fingerprint density at radius 2 is 2.10 bits per heavy atom. The smallest absolute Gasteiger partial charge is 0.119 e. The summed E-state index contributed by atoms with van der Waals surface area (Å²) in [5.74, 6) is 0.875. The van der Waals surface area contributed by atoms with Crippen molar-refractivity contribution in [3.8, 4) is 5.75 Å². The molecule has 3 nitrogen and oxygen atoms in total. The van der Waals surface area contributed by atoms with Crippen molar-refractivity contribution in [2.24, 2.45) is 0 Å². The standard InChI is InChI=1S/C16H21NO2S/c1-18-15-5-2-4-14(12-15)13-19-10-9-17-8-7-16-6-3-11-20-16/h2-6,11-12,17H,7-10,13H2,1H3. The zero-order valence-electron chi connectivity index (χ0n) is 11.8. The average Bonchev–Trinajstić information content (AvgIpc) is 3.00. The lowest BCUT2D eigenvalue weighted by Crippen LogP contribution is -2.21. The molecular weight excluding hydrogens is 270 g/mol. The fourth-order valence-electron chi connectivity index (χ4n) is 1.89. The molecule has 20 heavy (non-hydrogen) atoms. The highest BCUT2D eigenvalue weighted by Gasteiger charge is 1.97. The third kappa shape index (κ3) is 5.33. The van der Waals surface area contributed by atoms with Crippen LogP contribution in [0.4, 0.5) is 0 Å². The normalized spacial score (nSPS) is 10.7. The number of thiophene rings is 1. The fraction of sp³-hybridized carbons (Fsp3) is 0.375. The lowest BCUT2D eigenvalue weighted by atomic mass is 10.2. The quantitative estimate of drug-likeness (QED) is 0.720. The number of methoxy groups -OCH3 is 1. The second-order valence-corrected chi connectivity index (χ2v) is 5.52. The predicted octanol–water partition coefficient (Wildman–Crippen LogP) is 3.11. The molecule has 2 aromatic rings. The highest BCUT2D eigenvalue weighted by atomic mass is 32.1. The molecule has 1 aromatic carbocycles. The van der Waals surface area contributed by atoms with Gasteiger partial charge in [0.15, 0.2) is 0 Å². The van der Waals surface area contributed by atoms with Gasteiger partial charge >= 0.3 is 0 Å². The summed E-state index contributed by atoms with van der Waals surface area (Å²) < 4.78 is 10.8. The second kappa shape index (κ2) is 8.74. The largest absolute Gasteiger partial charge is 0.497 e. The van der Waals surface area contributed by atoms with Crippen molar-refractivity contribution < 1.29 is 9.47 Å². The minimum Gasteiger partial charge on any atom is -0.497 e. The molecular formula is C16H21NO2S. The molecule has 0 aliphatic carbocycles. The molecule has 0 saturated heterocycles. The molecule has 0 radical (unpaired) electrons. The minimum absolute atomic E-state index is 0.629. The number of ether oxygens (including phenoxy) is 2. The van der Waals surface area contributed by atoms with E-state index in [1.807, 2.05) is 35.6 Å². The van der Waals surface area contributed by atoms with Gasteiger partial charge in [0, 0.05) is 18.0 Å². The van der Waals surface area contributed by atoms with Gasteiger partial charge in [0.25, 0.3) is 0 Å². The summed E-state index contributed by atoms with van der Waals surface area (Å²) in [5.41, 5.74) is 1.14.